The number of thiophene rings is 1. The molecule has 2 aromatic heterocycles. The zero-order valence-corrected chi connectivity index (χ0v) is 12.8. The van der Waals surface area contributed by atoms with Gasteiger partial charge in [-0.15, -0.1) is 21.5 Å². The number of fused-ring (bicyclic) bond motifs is 3. The number of rotatable bonds is 4. The van der Waals surface area contributed by atoms with E-state index in [1.54, 1.807) is 0 Å². The lowest BCUT2D eigenvalue weighted by Gasteiger charge is -2.12. The maximum Gasteiger partial charge on any atom is 0.149 e. The number of anilines is 1. The van der Waals surface area contributed by atoms with Crippen LogP contribution >= 0.6 is 11.3 Å². The summed E-state index contributed by atoms with van der Waals surface area (Å²) < 4.78 is 0. The van der Waals surface area contributed by atoms with Gasteiger partial charge in [0.25, 0.3) is 0 Å². The molecule has 106 valence electrons. The molecule has 0 aliphatic heterocycles. The van der Waals surface area contributed by atoms with Gasteiger partial charge in [-0.3, -0.25) is 0 Å². The average Bonchev–Trinajstić information content (AvgIpc) is 2.80. The minimum Gasteiger partial charge on any atom is -0.367 e. The summed E-state index contributed by atoms with van der Waals surface area (Å²) in [6.45, 7) is 1.89. The van der Waals surface area contributed by atoms with Gasteiger partial charge in [-0.2, -0.15) is 0 Å². The van der Waals surface area contributed by atoms with Crippen LogP contribution in [0.3, 0.4) is 0 Å². The lowest BCUT2D eigenvalue weighted by atomic mass is 10.1. The maximum absolute atomic E-state index is 4.47. The molecule has 1 N–H and O–H groups in total. The highest BCUT2D eigenvalue weighted by molar-refractivity contribution is 7.10. The molecule has 20 heavy (non-hydrogen) atoms. The van der Waals surface area contributed by atoms with Crippen LogP contribution in [0, 0.1) is 0 Å². The lowest BCUT2D eigenvalue weighted by molar-refractivity contribution is 0.425. The molecule has 0 fully saturated rings. The highest BCUT2D eigenvalue weighted by Gasteiger charge is 2.17. The number of nitrogens with one attached hydrogen (secondary N) is 1. The van der Waals surface area contributed by atoms with E-state index in [9.17, 15) is 0 Å². The van der Waals surface area contributed by atoms with Crippen LogP contribution in [-0.2, 0) is 12.8 Å². The van der Waals surface area contributed by atoms with Gasteiger partial charge >= 0.3 is 0 Å². The third-order valence-corrected chi connectivity index (χ3v) is 4.57. The summed E-state index contributed by atoms with van der Waals surface area (Å²) in [5, 5.41) is 14.3. The second-order valence-electron chi connectivity index (χ2n) is 5.44. The highest BCUT2D eigenvalue weighted by atomic mass is 32.1. The molecule has 2 heterocycles. The summed E-state index contributed by atoms with van der Waals surface area (Å²) in [7, 11) is 4.14. The van der Waals surface area contributed by atoms with Gasteiger partial charge in [0.1, 0.15) is 5.82 Å². The Morgan fingerprint density at radius 2 is 2.20 bits per heavy atom. The molecule has 0 aromatic carbocycles. The number of nitrogens with zero attached hydrogens (tertiary/aromatic N) is 3. The molecule has 0 radical (unpaired) electrons. The highest BCUT2D eigenvalue weighted by Crippen LogP contribution is 2.34. The molecule has 5 heteroatoms. The van der Waals surface area contributed by atoms with Crippen LogP contribution in [0.4, 0.5) is 5.82 Å². The molecular formula is C15H20N4S. The predicted octanol–water partition coefficient (Wildman–Crippen LogP) is 2.67. The first-order chi connectivity index (χ1) is 9.74. The van der Waals surface area contributed by atoms with Gasteiger partial charge in [0.2, 0.25) is 0 Å². The summed E-state index contributed by atoms with van der Waals surface area (Å²) in [4.78, 5) is 3.60. The van der Waals surface area contributed by atoms with E-state index < -0.39 is 0 Å². The van der Waals surface area contributed by atoms with Gasteiger partial charge < -0.3 is 10.2 Å². The summed E-state index contributed by atoms with van der Waals surface area (Å²) >= 11 is 1.83. The van der Waals surface area contributed by atoms with Gasteiger partial charge in [-0.25, -0.2) is 0 Å². The van der Waals surface area contributed by atoms with E-state index in [1.807, 2.05) is 11.3 Å². The van der Waals surface area contributed by atoms with E-state index in [-0.39, 0.29) is 0 Å². The molecule has 2 aromatic rings. The zero-order chi connectivity index (χ0) is 13.9. The largest absolute Gasteiger partial charge is 0.367 e. The SMILES string of the molecule is CN(C)CCNc1cc2c(nn1)-c1ccsc1CCC2. The fourth-order valence-electron chi connectivity index (χ4n) is 2.53. The normalized spacial score (nSPS) is 13.8. The molecule has 0 atom stereocenters. The zero-order valence-electron chi connectivity index (χ0n) is 12.0. The fourth-order valence-corrected chi connectivity index (χ4v) is 3.45. The van der Waals surface area contributed by atoms with Crippen molar-refractivity contribution in [3.63, 3.8) is 0 Å². The van der Waals surface area contributed by atoms with Crippen LogP contribution in [0.5, 0.6) is 0 Å². The quantitative estimate of drug-likeness (QED) is 0.939. The first-order valence-electron chi connectivity index (χ1n) is 7.06. The molecular weight excluding hydrogens is 268 g/mol. The third kappa shape index (κ3) is 2.83. The Bertz CT molecular complexity index is 591. The number of likely N-dealkylation sites (N-methyl/N-ethyl adjacent to an activating group) is 1. The molecule has 3 rings (SSSR count). The van der Waals surface area contributed by atoms with Gasteiger partial charge in [-0.1, -0.05) is 0 Å². The van der Waals surface area contributed by atoms with Gasteiger partial charge in [0, 0.05) is 23.5 Å². The van der Waals surface area contributed by atoms with Crippen molar-refractivity contribution in [2.75, 3.05) is 32.5 Å². The Labute approximate surface area is 123 Å². The van der Waals surface area contributed by atoms with Crippen LogP contribution in [0.25, 0.3) is 11.3 Å². The standard InChI is InChI=1S/C15H20N4S/c1-19(2)8-7-16-14-10-11-4-3-5-13-12(6-9-20-13)15(11)18-17-14/h6,9-10H,3-5,7-8H2,1-2H3,(H,16,17). The third-order valence-electron chi connectivity index (χ3n) is 3.59. The number of aryl methyl sites for hydroxylation is 2. The van der Waals surface area contributed by atoms with E-state index >= 15 is 0 Å². The number of hydrogen-bond acceptors (Lipinski definition) is 5. The van der Waals surface area contributed by atoms with Gasteiger partial charge in [0.05, 0.1) is 5.69 Å². The molecule has 0 saturated heterocycles. The monoisotopic (exact) mass is 288 g/mol. The summed E-state index contributed by atoms with van der Waals surface area (Å²) in [5.74, 6) is 0.893. The molecule has 1 aliphatic rings. The van der Waals surface area contributed by atoms with E-state index in [0.29, 0.717) is 0 Å². The van der Waals surface area contributed by atoms with Crippen LogP contribution in [0.1, 0.15) is 16.9 Å². The van der Waals surface area contributed by atoms with Crippen molar-refractivity contribution < 1.29 is 0 Å². The Hall–Kier alpha value is -1.46. The Morgan fingerprint density at radius 3 is 3.05 bits per heavy atom. The molecule has 1 aliphatic carbocycles. The van der Waals surface area contributed by atoms with Crippen LogP contribution < -0.4 is 5.32 Å². The van der Waals surface area contributed by atoms with Crippen molar-refractivity contribution in [3.05, 3.63) is 28.0 Å². The summed E-state index contributed by atoms with van der Waals surface area (Å²) in [6.07, 6.45) is 3.45. The van der Waals surface area contributed by atoms with Crippen molar-refractivity contribution >= 4 is 17.2 Å². The molecule has 0 unspecified atom stereocenters. The van der Waals surface area contributed by atoms with Crippen molar-refractivity contribution in [3.8, 4) is 11.3 Å². The minimum atomic E-state index is 0.893. The molecule has 0 amide bonds. The molecule has 0 spiro atoms. The molecule has 0 bridgehead atoms. The number of hydrogen-bond donors (Lipinski definition) is 1. The minimum absolute atomic E-state index is 0.893. The van der Waals surface area contributed by atoms with E-state index in [0.717, 1.165) is 37.4 Å². The average molecular weight is 288 g/mol. The van der Waals surface area contributed by atoms with Crippen LogP contribution in [0.15, 0.2) is 17.5 Å². The van der Waals surface area contributed by atoms with Crippen LogP contribution in [0.2, 0.25) is 0 Å². The van der Waals surface area contributed by atoms with E-state index in [1.165, 1.54) is 22.4 Å². The maximum atomic E-state index is 4.47. The first-order valence-corrected chi connectivity index (χ1v) is 7.94. The predicted molar refractivity (Wildman–Crippen MR) is 84.4 cm³/mol. The van der Waals surface area contributed by atoms with Crippen molar-refractivity contribution in [1.82, 2.24) is 15.1 Å². The van der Waals surface area contributed by atoms with Gasteiger partial charge in [-0.05, 0) is 56.4 Å². The van der Waals surface area contributed by atoms with Gasteiger partial charge in [0.15, 0.2) is 0 Å². The summed E-state index contributed by atoms with van der Waals surface area (Å²) in [5.41, 5.74) is 3.69. The second-order valence-corrected chi connectivity index (χ2v) is 6.45. The van der Waals surface area contributed by atoms with Crippen LogP contribution in [-0.4, -0.2) is 42.3 Å². The molecule has 0 saturated carbocycles. The summed E-state index contributed by atoms with van der Waals surface area (Å²) in [6, 6.07) is 4.35. The van der Waals surface area contributed by atoms with E-state index in [4.69, 9.17) is 0 Å². The van der Waals surface area contributed by atoms with Crippen molar-refractivity contribution in [2.45, 2.75) is 19.3 Å². The van der Waals surface area contributed by atoms with Crippen molar-refractivity contribution in [2.24, 2.45) is 0 Å². The Kier molecular flexibility index (Phi) is 3.98. The number of aromatic nitrogens is 2. The topological polar surface area (TPSA) is 41.0 Å². The smallest absolute Gasteiger partial charge is 0.149 e. The second kappa shape index (κ2) is 5.89. The van der Waals surface area contributed by atoms with Crippen molar-refractivity contribution in [1.29, 1.82) is 0 Å². The Balaban J connectivity index is 1.82. The molecule has 4 nitrogen and oxygen atoms in total. The Morgan fingerprint density at radius 1 is 1.30 bits per heavy atom. The first kappa shape index (κ1) is 13.5. The fraction of sp³-hybridized carbons (Fsp3) is 0.467. The lowest BCUT2D eigenvalue weighted by Crippen LogP contribution is -2.21. The van der Waals surface area contributed by atoms with E-state index in [2.05, 4.69) is 52.0 Å².